The van der Waals surface area contributed by atoms with Gasteiger partial charge in [0.05, 0.1) is 15.6 Å². The molecule has 3 nitrogen and oxygen atoms in total. The number of ketones is 2. The van der Waals surface area contributed by atoms with E-state index in [-0.39, 0.29) is 23.5 Å². The van der Waals surface area contributed by atoms with Gasteiger partial charge in [0.2, 0.25) is 0 Å². The Labute approximate surface area is 115 Å². The highest BCUT2D eigenvalue weighted by molar-refractivity contribution is 8.00. The first-order valence-electron chi connectivity index (χ1n) is 5.85. The normalized spacial score (nSPS) is 17.7. The Kier molecular flexibility index (Phi) is 3.67. The van der Waals surface area contributed by atoms with Crippen molar-refractivity contribution in [3.05, 3.63) is 16.0 Å². The third kappa shape index (κ3) is 2.27. The van der Waals surface area contributed by atoms with E-state index in [4.69, 9.17) is 5.73 Å². The van der Waals surface area contributed by atoms with Crippen LogP contribution in [-0.4, -0.2) is 24.4 Å². The van der Waals surface area contributed by atoms with Gasteiger partial charge in [-0.05, 0) is 23.7 Å². The standard InChI is InChI=1S/C13H17NO2S2/c1-13(2)4-7-10(8(15)5-13)12(17-3)18-11(7)9(16)6-14/h4-6,14H2,1-3H3. The van der Waals surface area contributed by atoms with Gasteiger partial charge in [-0.2, -0.15) is 0 Å². The molecule has 0 amide bonds. The summed E-state index contributed by atoms with van der Waals surface area (Å²) in [5, 5.41) is 0. The van der Waals surface area contributed by atoms with Gasteiger partial charge in [0, 0.05) is 12.0 Å². The molecule has 0 saturated heterocycles. The number of thiophene rings is 1. The number of thioether (sulfide) groups is 1. The van der Waals surface area contributed by atoms with Crippen LogP contribution in [0.3, 0.4) is 0 Å². The third-order valence-corrected chi connectivity index (χ3v) is 5.56. The topological polar surface area (TPSA) is 60.2 Å². The molecule has 2 N–H and O–H groups in total. The first kappa shape index (κ1) is 13.8. The van der Waals surface area contributed by atoms with Crippen LogP contribution in [0.1, 0.15) is 45.9 Å². The molecule has 0 radical (unpaired) electrons. The molecule has 0 bridgehead atoms. The van der Waals surface area contributed by atoms with Crippen molar-refractivity contribution in [3.63, 3.8) is 0 Å². The van der Waals surface area contributed by atoms with E-state index in [9.17, 15) is 9.59 Å². The molecule has 1 aliphatic carbocycles. The fraction of sp³-hybridized carbons (Fsp3) is 0.538. The van der Waals surface area contributed by atoms with E-state index in [1.54, 1.807) is 11.8 Å². The highest BCUT2D eigenvalue weighted by atomic mass is 32.2. The molecule has 0 saturated carbocycles. The van der Waals surface area contributed by atoms with Gasteiger partial charge < -0.3 is 5.73 Å². The van der Waals surface area contributed by atoms with Gasteiger partial charge in [0.25, 0.3) is 0 Å². The van der Waals surface area contributed by atoms with E-state index in [0.29, 0.717) is 11.3 Å². The highest BCUT2D eigenvalue weighted by Crippen LogP contribution is 2.44. The molecule has 1 heterocycles. The van der Waals surface area contributed by atoms with Gasteiger partial charge in [0.1, 0.15) is 0 Å². The zero-order valence-corrected chi connectivity index (χ0v) is 12.5. The summed E-state index contributed by atoms with van der Waals surface area (Å²) in [5.74, 6) is 0.111. The maximum atomic E-state index is 12.3. The summed E-state index contributed by atoms with van der Waals surface area (Å²) >= 11 is 2.97. The maximum Gasteiger partial charge on any atom is 0.186 e. The number of carbonyl (C=O) groups excluding carboxylic acids is 2. The smallest absolute Gasteiger partial charge is 0.186 e. The van der Waals surface area contributed by atoms with E-state index >= 15 is 0 Å². The van der Waals surface area contributed by atoms with Gasteiger partial charge in [-0.25, -0.2) is 0 Å². The SMILES string of the molecule is CSc1sc(C(=O)CN)c2c1C(=O)CC(C)(C)C2. The third-order valence-electron chi connectivity index (χ3n) is 3.17. The summed E-state index contributed by atoms with van der Waals surface area (Å²) in [6.45, 7) is 4.15. The van der Waals surface area contributed by atoms with Crippen molar-refractivity contribution in [2.75, 3.05) is 12.8 Å². The van der Waals surface area contributed by atoms with Crippen LogP contribution in [0.25, 0.3) is 0 Å². The van der Waals surface area contributed by atoms with Crippen LogP contribution in [0.15, 0.2) is 4.21 Å². The molecule has 0 atom stereocenters. The molecular weight excluding hydrogens is 266 g/mol. The van der Waals surface area contributed by atoms with Crippen LogP contribution in [0.4, 0.5) is 0 Å². The number of Topliss-reactive ketones (excluding diaryl/α,β-unsaturated/α-hetero) is 2. The molecule has 0 unspecified atom stereocenters. The largest absolute Gasteiger partial charge is 0.324 e. The van der Waals surface area contributed by atoms with Gasteiger partial charge >= 0.3 is 0 Å². The summed E-state index contributed by atoms with van der Waals surface area (Å²) in [6, 6.07) is 0. The number of hydrogen-bond donors (Lipinski definition) is 1. The molecule has 0 spiro atoms. The second-order valence-corrected chi connectivity index (χ2v) is 7.44. The van der Waals surface area contributed by atoms with Gasteiger partial charge in [-0.3, -0.25) is 9.59 Å². The second kappa shape index (κ2) is 4.79. The van der Waals surface area contributed by atoms with E-state index in [0.717, 1.165) is 21.8 Å². The Balaban J connectivity index is 2.60. The summed E-state index contributed by atoms with van der Waals surface area (Å²) in [6.07, 6.45) is 3.28. The predicted octanol–water partition coefficient (Wildman–Crippen LogP) is 2.77. The Hall–Kier alpha value is -0.650. The summed E-state index contributed by atoms with van der Waals surface area (Å²) < 4.78 is 0.960. The van der Waals surface area contributed by atoms with Crippen LogP contribution in [0.5, 0.6) is 0 Å². The molecule has 98 valence electrons. The Morgan fingerprint density at radius 1 is 1.44 bits per heavy atom. The number of nitrogens with two attached hydrogens (primary N) is 1. The highest BCUT2D eigenvalue weighted by Gasteiger charge is 2.36. The van der Waals surface area contributed by atoms with Crippen molar-refractivity contribution in [1.29, 1.82) is 0 Å². The van der Waals surface area contributed by atoms with Gasteiger partial charge in [0.15, 0.2) is 11.6 Å². The number of hydrogen-bond acceptors (Lipinski definition) is 5. The average Bonchev–Trinajstić information content (AvgIpc) is 2.65. The van der Waals surface area contributed by atoms with Crippen LogP contribution in [-0.2, 0) is 6.42 Å². The molecule has 2 rings (SSSR count). The average molecular weight is 283 g/mol. The van der Waals surface area contributed by atoms with Crippen molar-refractivity contribution in [3.8, 4) is 0 Å². The van der Waals surface area contributed by atoms with Gasteiger partial charge in [-0.1, -0.05) is 13.8 Å². The molecule has 5 heteroatoms. The number of fused-ring (bicyclic) bond motifs is 1. The monoisotopic (exact) mass is 283 g/mol. The molecule has 18 heavy (non-hydrogen) atoms. The lowest BCUT2D eigenvalue weighted by Crippen LogP contribution is -2.28. The van der Waals surface area contributed by atoms with E-state index in [1.807, 2.05) is 6.26 Å². The quantitative estimate of drug-likeness (QED) is 0.684. The van der Waals surface area contributed by atoms with Crippen LogP contribution < -0.4 is 5.73 Å². The maximum absolute atomic E-state index is 12.3. The predicted molar refractivity (Wildman–Crippen MR) is 75.9 cm³/mol. The van der Waals surface area contributed by atoms with Gasteiger partial charge in [-0.15, -0.1) is 23.1 Å². The van der Waals surface area contributed by atoms with Crippen LogP contribution in [0, 0.1) is 5.41 Å². The van der Waals surface area contributed by atoms with Crippen LogP contribution in [0.2, 0.25) is 0 Å². The first-order chi connectivity index (χ1) is 8.39. The van der Waals surface area contributed by atoms with E-state index < -0.39 is 0 Å². The molecule has 0 fully saturated rings. The molecular formula is C13H17NO2S2. The molecule has 0 aliphatic heterocycles. The molecule has 1 aliphatic rings. The number of rotatable bonds is 3. The Morgan fingerprint density at radius 3 is 2.67 bits per heavy atom. The fourth-order valence-corrected chi connectivity index (χ4v) is 4.46. The first-order valence-corrected chi connectivity index (χ1v) is 7.90. The lowest BCUT2D eigenvalue weighted by atomic mass is 9.74. The summed E-state index contributed by atoms with van der Waals surface area (Å²) in [7, 11) is 0. The van der Waals surface area contributed by atoms with Crippen molar-refractivity contribution in [2.45, 2.75) is 30.9 Å². The second-order valence-electron chi connectivity index (χ2n) is 5.34. The molecule has 0 aromatic carbocycles. The zero-order chi connectivity index (χ0) is 13.5. The fourth-order valence-electron chi connectivity index (χ4n) is 2.42. The molecule has 1 aromatic rings. The summed E-state index contributed by atoms with van der Waals surface area (Å²) in [4.78, 5) is 24.8. The lowest BCUT2D eigenvalue weighted by Gasteiger charge is -2.29. The Morgan fingerprint density at radius 2 is 2.11 bits per heavy atom. The van der Waals surface area contributed by atoms with Crippen LogP contribution >= 0.6 is 23.1 Å². The van der Waals surface area contributed by atoms with Crippen molar-refractivity contribution < 1.29 is 9.59 Å². The van der Waals surface area contributed by atoms with E-state index in [1.165, 1.54) is 11.3 Å². The van der Waals surface area contributed by atoms with E-state index in [2.05, 4.69) is 13.8 Å². The lowest BCUT2D eigenvalue weighted by molar-refractivity contribution is 0.0910. The minimum atomic E-state index is -0.0650. The zero-order valence-electron chi connectivity index (χ0n) is 10.8. The minimum Gasteiger partial charge on any atom is -0.324 e. The molecule has 1 aromatic heterocycles. The van der Waals surface area contributed by atoms with Crippen molar-refractivity contribution in [2.24, 2.45) is 11.1 Å². The summed E-state index contributed by atoms with van der Waals surface area (Å²) in [5.41, 5.74) is 7.10. The van der Waals surface area contributed by atoms with Crippen molar-refractivity contribution >= 4 is 34.7 Å². The Bertz CT molecular complexity index is 517. The minimum absolute atomic E-state index is 0.00932. The number of carbonyl (C=O) groups is 2. The van der Waals surface area contributed by atoms with Crippen molar-refractivity contribution in [1.82, 2.24) is 0 Å².